The summed E-state index contributed by atoms with van der Waals surface area (Å²) < 4.78 is 3.22. The molecule has 0 fully saturated rings. The number of fused-ring (bicyclic) bond motifs is 2. The van der Waals surface area contributed by atoms with Crippen molar-refractivity contribution in [2.45, 2.75) is 6.42 Å². The molecule has 0 N–H and O–H groups in total. The van der Waals surface area contributed by atoms with Crippen LogP contribution in [-0.2, 0) is 6.42 Å². The maximum Gasteiger partial charge on any atom is 0.0882 e. The maximum atomic E-state index is 4.52. The molecule has 0 unspecified atom stereocenters. The van der Waals surface area contributed by atoms with E-state index in [1.807, 2.05) is 6.07 Å². The van der Waals surface area contributed by atoms with Crippen molar-refractivity contribution in [3.8, 4) is 0 Å². The van der Waals surface area contributed by atoms with Crippen LogP contribution >= 0.6 is 47.8 Å². The molecule has 4 heteroatoms. The number of halogens is 3. The van der Waals surface area contributed by atoms with Crippen LogP contribution in [0.4, 0.5) is 5.69 Å². The Balaban J connectivity index is 2.49. The van der Waals surface area contributed by atoms with Gasteiger partial charge in [0.2, 0.25) is 0 Å². The van der Waals surface area contributed by atoms with Crippen molar-refractivity contribution in [1.29, 1.82) is 0 Å². The topological polar surface area (TPSA) is 12.4 Å². The Kier molecular flexibility index (Phi) is 2.68. The smallest absolute Gasteiger partial charge is 0.0882 e. The first-order valence-corrected chi connectivity index (χ1v) is 7.18. The molecule has 1 heterocycles. The summed E-state index contributed by atoms with van der Waals surface area (Å²) in [6.07, 6.45) is 0.860. The Bertz CT molecular complexity index is 632. The summed E-state index contributed by atoms with van der Waals surface area (Å²) in [7, 11) is 0. The number of nitrogens with zero attached hydrogens (tertiary/aromatic N) is 1. The normalized spacial score (nSPS) is 14.1. The second-order valence-electron chi connectivity index (χ2n) is 3.67. The molecule has 0 atom stereocenters. The van der Waals surface area contributed by atoms with Crippen LogP contribution < -0.4 is 0 Å². The quantitative estimate of drug-likeness (QED) is 0.562. The maximum absolute atomic E-state index is 4.52. The van der Waals surface area contributed by atoms with Crippen LogP contribution in [0.1, 0.15) is 5.56 Å². The Morgan fingerprint density at radius 1 is 0.938 bits per heavy atom. The van der Waals surface area contributed by atoms with E-state index in [1.54, 1.807) is 0 Å². The van der Waals surface area contributed by atoms with E-state index in [4.69, 9.17) is 0 Å². The summed E-state index contributed by atoms with van der Waals surface area (Å²) in [5, 5.41) is 2.42. The van der Waals surface area contributed by atoms with Gasteiger partial charge >= 0.3 is 0 Å². The summed E-state index contributed by atoms with van der Waals surface area (Å²) in [5.41, 5.74) is 2.29. The monoisotopic (exact) mass is 401 g/mol. The molecule has 0 bridgehead atoms. The second kappa shape index (κ2) is 3.93. The van der Waals surface area contributed by atoms with Gasteiger partial charge in [-0.25, -0.2) is 4.99 Å². The SMILES string of the molecule is BrC1=Nc2c(c(Br)c3ccccc3c2Br)C1. The van der Waals surface area contributed by atoms with Crippen LogP contribution in [-0.4, -0.2) is 4.62 Å². The van der Waals surface area contributed by atoms with Crippen LogP contribution in [0.5, 0.6) is 0 Å². The molecule has 0 aromatic heterocycles. The molecule has 80 valence electrons. The van der Waals surface area contributed by atoms with Gasteiger partial charge in [0.15, 0.2) is 0 Å². The zero-order valence-corrected chi connectivity index (χ0v) is 12.9. The van der Waals surface area contributed by atoms with Crippen LogP contribution in [0.15, 0.2) is 38.2 Å². The first-order valence-electron chi connectivity index (χ1n) is 4.80. The summed E-state index contributed by atoms with van der Waals surface area (Å²) >= 11 is 10.8. The van der Waals surface area contributed by atoms with Gasteiger partial charge in [-0.15, -0.1) is 0 Å². The molecule has 1 aliphatic heterocycles. The molecule has 1 aliphatic rings. The summed E-state index contributed by atoms with van der Waals surface area (Å²) in [6, 6.07) is 8.32. The van der Waals surface area contributed by atoms with Crippen molar-refractivity contribution in [3.63, 3.8) is 0 Å². The molecule has 0 saturated carbocycles. The summed E-state index contributed by atoms with van der Waals surface area (Å²) in [4.78, 5) is 4.52. The van der Waals surface area contributed by atoms with E-state index in [2.05, 4.69) is 71.0 Å². The van der Waals surface area contributed by atoms with Gasteiger partial charge in [-0.2, -0.15) is 0 Å². The molecule has 3 rings (SSSR count). The van der Waals surface area contributed by atoms with E-state index in [1.165, 1.54) is 16.3 Å². The minimum absolute atomic E-state index is 0.860. The van der Waals surface area contributed by atoms with Crippen molar-refractivity contribution in [2.24, 2.45) is 4.99 Å². The third-order valence-corrected chi connectivity index (χ3v) is 4.88. The van der Waals surface area contributed by atoms with Crippen molar-refractivity contribution in [2.75, 3.05) is 0 Å². The third kappa shape index (κ3) is 1.50. The van der Waals surface area contributed by atoms with E-state index >= 15 is 0 Å². The fourth-order valence-corrected chi connectivity index (χ4v) is 3.78. The molecule has 0 saturated heterocycles. The van der Waals surface area contributed by atoms with Crippen LogP contribution in [0.2, 0.25) is 0 Å². The molecular weight excluding hydrogens is 398 g/mol. The number of aliphatic imine (C=N–C) groups is 1. The molecule has 1 nitrogen and oxygen atoms in total. The predicted molar refractivity (Wildman–Crippen MR) is 79.1 cm³/mol. The fourth-order valence-electron chi connectivity index (χ4n) is 1.98. The molecule has 2 aromatic carbocycles. The van der Waals surface area contributed by atoms with Gasteiger partial charge in [-0.05, 0) is 58.6 Å². The Morgan fingerprint density at radius 3 is 2.25 bits per heavy atom. The first-order chi connectivity index (χ1) is 7.68. The molecule has 16 heavy (non-hydrogen) atoms. The fraction of sp³-hybridized carbons (Fsp3) is 0.0833. The van der Waals surface area contributed by atoms with Gasteiger partial charge < -0.3 is 0 Å². The lowest BCUT2D eigenvalue weighted by Gasteiger charge is -2.09. The molecule has 0 radical (unpaired) electrons. The van der Waals surface area contributed by atoms with Gasteiger partial charge in [0.05, 0.1) is 14.8 Å². The van der Waals surface area contributed by atoms with Crippen molar-refractivity contribution in [1.82, 2.24) is 0 Å². The van der Waals surface area contributed by atoms with Gasteiger partial charge in [0, 0.05) is 16.5 Å². The minimum atomic E-state index is 0.860. The summed E-state index contributed by atoms with van der Waals surface area (Å²) in [6.45, 7) is 0. The number of hydrogen-bond donors (Lipinski definition) is 0. The highest BCUT2D eigenvalue weighted by Gasteiger charge is 2.21. The van der Waals surface area contributed by atoms with Crippen molar-refractivity contribution in [3.05, 3.63) is 38.8 Å². The lowest BCUT2D eigenvalue weighted by molar-refractivity contribution is 1.39. The van der Waals surface area contributed by atoms with E-state index < -0.39 is 0 Å². The average molecular weight is 404 g/mol. The van der Waals surface area contributed by atoms with Gasteiger partial charge in [-0.1, -0.05) is 24.3 Å². The molecular formula is C12H6Br3N. The van der Waals surface area contributed by atoms with Crippen LogP contribution in [0.25, 0.3) is 10.8 Å². The van der Waals surface area contributed by atoms with Crippen LogP contribution in [0, 0.1) is 0 Å². The minimum Gasteiger partial charge on any atom is -0.244 e. The molecule has 0 amide bonds. The first kappa shape index (κ1) is 10.9. The standard InChI is InChI=1S/C12H6Br3N/c13-9-5-8-10(14)6-3-1-2-4-7(6)11(15)12(8)16-9/h1-4H,5H2. The predicted octanol–water partition coefficient (Wildman–Crippen LogP) is 5.35. The Labute approximate surface area is 118 Å². The van der Waals surface area contributed by atoms with E-state index in [-0.39, 0.29) is 0 Å². The van der Waals surface area contributed by atoms with Crippen molar-refractivity contribution < 1.29 is 0 Å². The molecule has 0 spiro atoms. The van der Waals surface area contributed by atoms with Gasteiger partial charge in [0.25, 0.3) is 0 Å². The Hall–Kier alpha value is -0.190. The number of rotatable bonds is 0. The zero-order chi connectivity index (χ0) is 11.3. The highest BCUT2D eigenvalue weighted by atomic mass is 79.9. The largest absolute Gasteiger partial charge is 0.244 e. The number of hydrogen-bond acceptors (Lipinski definition) is 1. The molecule has 0 aliphatic carbocycles. The van der Waals surface area contributed by atoms with E-state index in [0.29, 0.717) is 0 Å². The van der Waals surface area contributed by atoms with Crippen molar-refractivity contribution >= 4 is 68.9 Å². The van der Waals surface area contributed by atoms with Gasteiger partial charge in [-0.3, -0.25) is 0 Å². The average Bonchev–Trinajstić information content (AvgIpc) is 2.68. The highest BCUT2D eigenvalue weighted by Crippen LogP contribution is 2.45. The van der Waals surface area contributed by atoms with Crippen LogP contribution in [0.3, 0.4) is 0 Å². The third-order valence-electron chi connectivity index (χ3n) is 2.71. The Morgan fingerprint density at radius 2 is 1.56 bits per heavy atom. The molecule has 2 aromatic rings. The highest BCUT2D eigenvalue weighted by molar-refractivity contribution is 9.18. The van der Waals surface area contributed by atoms with E-state index in [0.717, 1.165) is 25.7 Å². The second-order valence-corrected chi connectivity index (χ2v) is 6.17. The lowest BCUT2D eigenvalue weighted by Crippen LogP contribution is -1.88. The van der Waals surface area contributed by atoms with E-state index in [9.17, 15) is 0 Å². The zero-order valence-electron chi connectivity index (χ0n) is 8.10. The van der Waals surface area contributed by atoms with Gasteiger partial charge in [0.1, 0.15) is 0 Å². The lowest BCUT2D eigenvalue weighted by atomic mass is 10.0. The number of benzene rings is 2. The summed E-state index contributed by atoms with van der Waals surface area (Å²) in [5.74, 6) is 0.